The largest absolute Gasteiger partial charge is 0.376 e. The summed E-state index contributed by atoms with van der Waals surface area (Å²) in [6, 6.07) is 2.71. The van der Waals surface area contributed by atoms with Crippen molar-refractivity contribution in [1.29, 1.82) is 5.26 Å². The first kappa shape index (κ1) is 14.9. The van der Waals surface area contributed by atoms with Crippen molar-refractivity contribution in [3.63, 3.8) is 0 Å². The molecule has 0 aromatic carbocycles. The molecule has 6 nitrogen and oxygen atoms in total. The molecule has 7 heteroatoms. The lowest BCUT2D eigenvalue weighted by molar-refractivity contribution is -0.00338. The lowest BCUT2D eigenvalue weighted by Crippen LogP contribution is -2.60. The molecule has 4 heterocycles. The summed E-state index contributed by atoms with van der Waals surface area (Å²) >= 11 is 2.05. The first-order chi connectivity index (χ1) is 11.2. The third-order valence-corrected chi connectivity index (χ3v) is 7.70. The van der Waals surface area contributed by atoms with Crippen LogP contribution in [0.1, 0.15) is 26.2 Å². The Morgan fingerprint density at radius 3 is 2.91 bits per heavy atom. The van der Waals surface area contributed by atoms with E-state index in [1.54, 1.807) is 0 Å². The number of fused-ring (bicyclic) bond motifs is 4. The number of nitrogens with one attached hydrogen (secondary N) is 2. The van der Waals surface area contributed by atoms with Crippen molar-refractivity contribution in [2.75, 3.05) is 13.2 Å². The van der Waals surface area contributed by atoms with E-state index in [2.05, 4.69) is 35.4 Å². The highest BCUT2D eigenvalue weighted by Gasteiger charge is 2.60. The van der Waals surface area contributed by atoms with Crippen LogP contribution in [0, 0.1) is 17.2 Å². The molecular formula is C16H23N3O3S. The fourth-order valence-corrected chi connectivity index (χ4v) is 6.03. The van der Waals surface area contributed by atoms with E-state index in [-0.39, 0.29) is 41.4 Å². The highest BCUT2D eigenvalue weighted by atomic mass is 32.2. The molecule has 126 valence electrons. The Morgan fingerprint density at radius 1 is 1.22 bits per heavy atom. The van der Waals surface area contributed by atoms with Crippen LogP contribution >= 0.6 is 11.8 Å². The van der Waals surface area contributed by atoms with Gasteiger partial charge in [-0.05, 0) is 26.2 Å². The van der Waals surface area contributed by atoms with Crippen LogP contribution in [-0.2, 0) is 14.2 Å². The molecule has 0 aromatic heterocycles. The van der Waals surface area contributed by atoms with Crippen LogP contribution in [0.5, 0.6) is 0 Å². The molecule has 2 N–H and O–H groups in total. The van der Waals surface area contributed by atoms with E-state index >= 15 is 0 Å². The van der Waals surface area contributed by atoms with Gasteiger partial charge in [-0.15, -0.1) is 11.8 Å². The van der Waals surface area contributed by atoms with E-state index < -0.39 is 0 Å². The molecule has 4 saturated heterocycles. The Bertz CT molecular complexity index is 543. The van der Waals surface area contributed by atoms with Crippen LogP contribution in [0.15, 0.2) is 0 Å². The molecule has 5 rings (SSSR count). The Labute approximate surface area is 140 Å². The zero-order valence-corrected chi connectivity index (χ0v) is 14.1. The molecule has 4 aliphatic heterocycles. The molecule has 0 spiro atoms. The molecule has 1 aliphatic carbocycles. The monoisotopic (exact) mass is 337 g/mol. The van der Waals surface area contributed by atoms with E-state index in [9.17, 15) is 0 Å². The SMILES string of the molecule is CC1(C2CNC3OC3C3OC3N2)COC2CC(C#N)CCC2S1. The maximum absolute atomic E-state index is 9.15. The molecular weight excluding hydrogens is 314 g/mol. The number of epoxide rings is 2. The predicted octanol–water partition coefficient (Wildman–Crippen LogP) is 0.581. The lowest BCUT2D eigenvalue weighted by Gasteiger charge is -2.48. The van der Waals surface area contributed by atoms with Gasteiger partial charge in [-0.25, -0.2) is 0 Å². The smallest absolute Gasteiger partial charge is 0.138 e. The topological polar surface area (TPSA) is 82.1 Å². The highest BCUT2D eigenvalue weighted by Crippen LogP contribution is 2.47. The summed E-state index contributed by atoms with van der Waals surface area (Å²) in [7, 11) is 0. The minimum absolute atomic E-state index is 0.0197. The van der Waals surface area contributed by atoms with E-state index in [0.29, 0.717) is 11.3 Å². The Kier molecular flexibility index (Phi) is 3.45. The minimum Gasteiger partial charge on any atom is -0.376 e. The van der Waals surface area contributed by atoms with Crippen molar-refractivity contribution >= 4 is 11.8 Å². The van der Waals surface area contributed by atoms with Gasteiger partial charge in [0.2, 0.25) is 0 Å². The molecule has 5 fully saturated rings. The van der Waals surface area contributed by atoms with E-state index in [1.807, 2.05) is 0 Å². The van der Waals surface area contributed by atoms with Crippen LogP contribution in [0.3, 0.4) is 0 Å². The number of ether oxygens (including phenoxy) is 3. The van der Waals surface area contributed by atoms with Crippen LogP contribution in [0.4, 0.5) is 0 Å². The first-order valence-electron chi connectivity index (χ1n) is 8.66. The van der Waals surface area contributed by atoms with Crippen LogP contribution in [0.2, 0.25) is 0 Å². The third-order valence-electron chi connectivity index (χ3n) is 5.92. The molecule has 0 aromatic rings. The van der Waals surface area contributed by atoms with Crippen LogP contribution in [0.25, 0.3) is 0 Å². The Hall–Kier alpha value is -0.360. The fourth-order valence-electron chi connectivity index (χ4n) is 4.29. The summed E-state index contributed by atoms with van der Waals surface area (Å²) < 4.78 is 17.6. The second kappa shape index (κ2) is 5.32. The van der Waals surface area contributed by atoms with Crippen molar-refractivity contribution in [2.45, 2.75) is 73.0 Å². The summed E-state index contributed by atoms with van der Waals surface area (Å²) in [5.41, 5.74) is 0. The lowest BCUT2D eigenvalue weighted by atomic mass is 9.87. The minimum atomic E-state index is 0.0197. The summed E-state index contributed by atoms with van der Waals surface area (Å²) in [5.74, 6) is 0.173. The van der Waals surface area contributed by atoms with Gasteiger partial charge in [0.25, 0.3) is 0 Å². The van der Waals surface area contributed by atoms with Gasteiger partial charge < -0.3 is 14.2 Å². The van der Waals surface area contributed by atoms with E-state index in [0.717, 1.165) is 32.4 Å². The second-order valence-electron chi connectivity index (χ2n) is 7.63. The van der Waals surface area contributed by atoms with Gasteiger partial charge in [0.05, 0.1) is 23.5 Å². The summed E-state index contributed by atoms with van der Waals surface area (Å²) in [6.07, 6.45) is 3.99. The summed E-state index contributed by atoms with van der Waals surface area (Å²) in [5, 5.41) is 16.8. The van der Waals surface area contributed by atoms with Crippen molar-refractivity contribution in [2.24, 2.45) is 5.92 Å². The number of nitrogens with zero attached hydrogens (tertiary/aromatic N) is 1. The van der Waals surface area contributed by atoms with Gasteiger partial charge in [-0.2, -0.15) is 5.26 Å². The molecule has 9 unspecified atom stereocenters. The number of hydrogen-bond acceptors (Lipinski definition) is 7. The Morgan fingerprint density at radius 2 is 2.04 bits per heavy atom. The Balaban J connectivity index is 1.28. The van der Waals surface area contributed by atoms with E-state index in [1.165, 1.54) is 0 Å². The maximum atomic E-state index is 9.15. The number of hydrogen-bond donors (Lipinski definition) is 2. The molecule has 1 saturated carbocycles. The number of rotatable bonds is 1. The fraction of sp³-hybridized carbons (Fsp3) is 0.938. The van der Waals surface area contributed by atoms with Crippen molar-refractivity contribution < 1.29 is 14.2 Å². The van der Waals surface area contributed by atoms with Gasteiger partial charge in [0, 0.05) is 23.8 Å². The molecule has 0 amide bonds. The average molecular weight is 337 g/mol. The summed E-state index contributed by atoms with van der Waals surface area (Å²) in [6.45, 7) is 3.90. The highest BCUT2D eigenvalue weighted by molar-refractivity contribution is 8.01. The first-order valence-corrected chi connectivity index (χ1v) is 9.54. The van der Waals surface area contributed by atoms with Crippen LogP contribution < -0.4 is 10.6 Å². The van der Waals surface area contributed by atoms with Gasteiger partial charge in [-0.1, -0.05) is 0 Å². The second-order valence-corrected chi connectivity index (χ2v) is 9.40. The average Bonchev–Trinajstić information content (AvgIpc) is 3.44. The zero-order valence-electron chi connectivity index (χ0n) is 13.2. The molecule has 0 bridgehead atoms. The van der Waals surface area contributed by atoms with Crippen molar-refractivity contribution in [3.8, 4) is 6.07 Å². The standard InChI is InChI=1S/C16H23N3O3S/c1-16(7-20-9-4-8(5-17)2-3-10(9)23-16)11-6-18-14-12(21-14)13-15(19-11)22-13/h8-15,18-19H,2-4,6-7H2,1H3. The normalized spacial score (nSPS) is 57.7. The quantitative estimate of drug-likeness (QED) is 0.677. The molecule has 0 radical (unpaired) electrons. The van der Waals surface area contributed by atoms with Gasteiger partial charge in [0.1, 0.15) is 24.7 Å². The third kappa shape index (κ3) is 2.60. The molecule has 9 atom stereocenters. The summed E-state index contributed by atoms with van der Waals surface area (Å²) in [4.78, 5) is 0. The van der Waals surface area contributed by atoms with Gasteiger partial charge >= 0.3 is 0 Å². The predicted molar refractivity (Wildman–Crippen MR) is 84.7 cm³/mol. The zero-order chi connectivity index (χ0) is 15.6. The van der Waals surface area contributed by atoms with Crippen LogP contribution in [-0.4, -0.2) is 60.0 Å². The van der Waals surface area contributed by atoms with Crippen molar-refractivity contribution in [3.05, 3.63) is 0 Å². The number of thioether (sulfide) groups is 1. The number of nitriles is 1. The molecule has 23 heavy (non-hydrogen) atoms. The maximum Gasteiger partial charge on any atom is 0.138 e. The molecule has 5 aliphatic rings. The van der Waals surface area contributed by atoms with Gasteiger partial charge in [0.15, 0.2) is 0 Å². The van der Waals surface area contributed by atoms with Gasteiger partial charge in [-0.3, -0.25) is 10.6 Å². The van der Waals surface area contributed by atoms with E-state index in [4.69, 9.17) is 19.5 Å². The van der Waals surface area contributed by atoms with Crippen molar-refractivity contribution in [1.82, 2.24) is 10.6 Å².